The van der Waals surface area contributed by atoms with E-state index in [1.807, 2.05) is 36.4 Å². The van der Waals surface area contributed by atoms with Gasteiger partial charge in [-0.3, -0.25) is 9.78 Å². The normalized spacial score (nSPS) is 14.7. The Hall–Kier alpha value is -3.02. The van der Waals surface area contributed by atoms with Gasteiger partial charge in [0.25, 0.3) is 0 Å². The summed E-state index contributed by atoms with van der Waals surface area (Å²) in [6.07, 6.45) is 10.6. The van der Waals surface area contributed by atoms with Crippen LogP contribution in [0.25, 0.3) is 11.4 Å². The Kier molecular flexibility index (Phi) is 5.75. The summed E-state index contributed by atoms with van der Waals surface area (Å²) < 4.78 is 5.40. The highest BCUT2D eigenvalue weighted by Crippen LogP contribution is 2.27. The van der Waals surface area contributed by atoms with Gasteiger partial charge in [-0.15, -0.1) is 0 Å². The standard InChI is InChI=1S/C22H24N4O2/c27-20(13-16-7-2-1-3-8-16)24-19-11-5-4-9-17(19)14-21-25-22(26-28-21)18-10-6-12-23-15-18/h4-6,9-12,15-16H,1-3,7-8,13-14H2,(H,24,27). The van der Waals surface area contributed by atoms with Gasteiger partial charge in [-0.1, -0.05) is 42.6 Å². The lowest BCUT2D eigenvalue weighted by atomic mass is 9.87. The van der Waals surface area contributed by atoms with Crippen LogP contribution in [0.15, 0.2) is 53.3 Å². The van der Waals surface area contributed by atoms with E-state index in [1.165, 1.54) is 19.3 Å². The SMILES string of the molecule is O=C(CC1CCCCC1)Nc1ccccc1Cc1nc(-c2cccnc2)no1. The predicted octanol–water partition coefficient (Wildman–Crippen LogP) is 4.63. The second-order valence-corrected chi connectivity index (χ2v) is 7.34. The van der Waals surface area contributed by atoms with Gasteiger partial charge in [-0.2, -0.15) is 4.98 Å². The monoisotopic (exact) mass is 376 g/mol. The first-order valence-corrected chi connectivity index (χ1v) is 9.88. The van der Waals surface area contributed by atoms with Crippen LogP contribution in [0.2, 0.25) is 0 Å². The summed E-state index contributed by atoms with van der Waals surface area (Å²) in [4.78, 5) is 21.0. The van der Waals surface area contributed by atoms with Crippen LogP contribution < -0.4 is 5.32 Å². The molecule has 1 aliphatic carbocycles. The fraction of sp³-hybridized carbons (Fsp3) is 0.364. The van der Waals surface area contributed by atoms with Gasteiger partial charge in [-0.25, -0.2) is 0 Å². The van der Waals surface area contributed by atoms with Gasteiger partial charge in [0.05, 0.1) is 6.42 Å². The summed E-state index contributed by atoms with van der Waals surface area (Å²) in [6, 6.07) is 11.5. The fourth-order valence-electron chi connectivity index (χ4n) is 3.75. The Morgan fingerprint density at radius 2 is 1.96 bits per heavy atom. The molecular weight excluding hydrogens is 352 g/mol. The summed E-state index contributed by atoms with van der Waals surface area (Å²) >= 11 is 0. The summed E-state index contributed by atoms with van der Waals surface area (Å²) in [5.41, 5.74) is 2.58. The van der Waals surface area contributed by atoms with Gasteiger partial charge in [-0.05, 0) is 42.5 Å². The van der Waals surface area contributed by atoms with Crippen LogP contribution in [-0.4, -0.2) is 21.0 Å². The third-order valence-electron chi connectivity index (χ3n) is 5.22. The second kappa shape index (κ2) is 8.78. The minimum absolute atomic E-state index is 0.0842. The number of hydrogen-bond donors (Lipinski definition) is 1. The van der Waals surface area contributed by atoms with Gasteiger partial charge >= 0.3 is 0 Å². The van der Waals surface area contributed by atoms with Crippen LogP contribution in [0.4, 0.5) is 5.69 Å². The van der Waals surface area contributed by atoms with Crippen LogP contribution in [0.5, 0.6) is 0 Å². The molecule has 1 N–H and O–H groups in total. The van der Waals surface area contributed by atoms with Crippen LogP contribution >= 0.6 is 0 Å². The molecule has 1 amide bonds. The predicted molar refractivity (Wildman–Crippen MR) is 107 cm³/mol. The Bertz CT molecular complexity index is 917. The molecule has 144 valence electrons. The number of amides is 1. The lowest BCUT2D eigenvalue weighted by Crippen LogP contribution is -2.19. The van der Waals surface area contributed by atoms with E-state index in [9.17, 15) is 4.79 Å². The van der Waals surface area contributed by atoms with Crippen molar-refractivity contribution in [2.24, 2.45) is 5.92 Å². The van der Waals surface area contributed by atoms with Crippen molar-refractivity contribution in [3.8, 4) is 11.4 Å². The zero-order valence-electron chi connectivity index (χ0n) is 15.8. The molecule has 1 aromatic carbocycles. The van der Waals surface area contributed by atoms with E-state index in [-0.39, 0.29) is 5.91 Å². The van der Waals surface area contributed by atoms with Gasteiger partial charge in [0.15, 0.2) is 0 Å². The van der Waals surface area contributed by atoms with E-state index in [2.05, 4.69) is 20.4 Å². The Balaban J connectivity index is 1.43. The second-order valence-electron chi connectivity index (χ2n) is 7.34. The molecule has 28 heavy (non-hydrogen) atoms. The minimum atomic E-state index is 0.0842. The molecule has 2 heterocycles. The van der Waals surface area contributed by atoms with Crippen molar-refractivity contribution in [1.82, 2.24) is 15.1 Å². The van der Waals surface area contributed by atoms with E-state index in [0.29, 0.717) is 30.5 Å². The van der Waals surface area contributed by atoms with Crippen LogP contribution in [0, 0.1) is 5.92 Å². The number of carbonyl (C=O) groups is 1. The fourth-order valence-corrected chi connectivity index (χ4v) is 3.75. The number of nitrogens with one attached hydrogen (secondary N) is 1. The van der Waals surface area contributed by atoms with E-state index in [0.717, 1.165) is 29.7 Å². The van der Waals surface area contributed by atoms with Crippen LogP contribution in [-0.2, 0) is 11.2 Å². The molecular formula is C22H24N4O2. The molecule has 0 radical (unpaired) electrons. The van der Waals surface area contributed by atoms with Crippen molar-refractivity contribution in [3.63, 3.8) is 0 Å². The average Bonchev–Trinajstić information content (AvgIpc) is 3.19. The average molecular weight is 376 g/mol. The van der Waals surface area contributed by atoms with Crippen molar-refractivity contribution in [1.29, 1.82) is 0 Å². The molecule has 1 saturated carbocycles. The Morgan fingerprint density at radius 3 is 2.79 bits per heavy atom. The summed E-state index contributed by atoms with van der Waals surface area (Å²) in [6.45, 7) is 0. The highest BCUT2D eigenvalue weighted by molar-refractivity contribution is 5.91. The number of benzene rings is 1. The number of rotatable bonds is 6. The highest BCUT2D eigenvalue weighted by atomic mass is 16.5. The van der Waals surface area contributed by atoms with Crippen molar-refractivity contribution in [2.45, 2.75) is 44.9 Å². The van der Waals surface area contributed by atoms with E-state index >= 15 is 0 Å². The lowest BCUT2D eigenvalue weighted by Gasteiger charge is -2.21. The topological polar surface area (TPSA) is 80.9 Å². The number of carbonyl (C=O) groups excluding carboxylic acids is 1. The van der Waals surface area contributed by atoms with Crippen LogP contribution in [0.1, 0.15) is 50.0 Å². The Morgan fingerprint density at radius 1 is 1.11 bits per heavy atom. The summed E-state index contributed by atoms with van der Waals surface area (Å²) in [7, 11) is 0. The van der Waals surface area contributed by atoms with Gasteiger partial charge in [0, 0.05) is 30.1 Å². The van der Waals surface area contributed by atoms with Crippen LogP contribution in [0.3, 0.4) is 0 Å². The van der Waals surface area contributed by atoms with Crippen molar-refractivity contribution in [3.05, 3.63) is 60.2 Å². The number of hydrogen-bond acceptors (Lipinski definition) is 5. The molecule has 1 fully saturated rings. The molecule has 1 aliphatic rings. The zero-order valence-corrected chi connectivity index (χ0v) is 15.8. The van der Waals surface area contributed by atoms with E-state index in [4.69, 9.17) is 4.52 Å². The molecule has 0 spiro atoms. The lowest BCUT2D eigenvalue weighted by molar-refractivity contribution is -0.117. The quantitative estimate of drug-likeness (QED) is 0.678. The molecule has 6 nitrogen and oxygen atoms in total. The smallest absolute Gasteiger partial charge is 0.231 e. The number of nitrogens with zero attached hydrogens (tertiary/aromatic N) is 3. The van der Waals surface area contributed by atoms with Crippen molar-refractivity contribution in [2.75, 3.05) is 5.32 Å². The first-order valence-electron chi connectivity index (χ1n) is 9.88. The van der Waals surface area contributed by atoms with E-state index in [1.54, 1.807) is 12.4 Å². The molecule has 0 unspecified atom stereocenters. The largest absolute Gasteiger partial charge is 0.339 e. The number of aromatic nitrogens is 3. The molecule has 0 atom stereocenters. The molecule has 6 heteroatoms. The van der Waals surface area contributed by atoms with Gasteiger partial charge in [0.1, 0.15) is 0 Å². The minimum Gasteiger partial charge on any atom is -0.339 e. The van der Waals surface area contributed by atoms with Crippen molar-refractivity contribution < 1.29 is 9.32 Å². The maximum atomic E-state index is 12.5. The third-order valence-corrected chi connectivity index (χ3v) is 5.22. The maximum absolute atomic E-state index is 12.5. The molecule has 0 saturated heterocycles. The highest BCUT2D eigenvalue weighted by Gasteiger charge is 2.18. The molecule has 4 rings (SSSR count). The number of pyridine rings is 1. The van der Waals surface area contributed by atoms with E-state index < -0.39 is 0 Å². The first kappa shape index (κ1) is 18.3. The van der Waals surface area contributed by atoms with Crippen molar-refractivity contribution >= 4 is 11.6 Å². The zero-order chi connectivity index (χ0) is 19.2. The molecule has 3 aromatic rings. The number of para-hydroxylation sites is 1. The van der Waals surface area contributed by atoms with Gasteiger partial charge < -0.3 is 9.84 Å². The Labute approximate surface area is 164 Å². The first-order chi connectivity index (χ1) is 13.8. The molecule has 0 bridgehead atoms. The summed E-state index contributed by atoms with van der Waals surface area (Å²) in [5, 5.41) is 7.11. The molecule has 2 aromatic heterocycles. The van der Waals surface area contributed by atoms with Gasteiger partial charge in [0.2, 0.25) is 17.6 Å². The number of anilines is 1. The third kappa shape index (κ3) is 4.63. The summed E-state index contributed by atoms with van der Waals surface area (Å²) in [5.74, 6) is 1.62. The maximum Gasteiger partial charge on any atom is 0.231 e. The molecule has 0 aliphatic heterocycles.